The third-order valence-corrected chi connectivity index (χ3v) is 2.34. The molecule has 0 saturated carbocycles. The molecule has 3 nitrogen and oxygen atoms in total. The lowest BCUT2D eigenvalue weighted by atomic mass is 10.0. The average molecular weight is 200 g/mol. The molecule has 0 saturated heterocycles. The molecule has 0 aliphatic heterocycles. The number of benzene rings is 1. The quantitative estimate of drug-likeness (QED) is 0.765. The summed E-state index contributed by atoms with van der Waals surface area (Å²) in [7, 11) is 0. The Kier molecular flexibility index (Phi) is 2.37. The van der Waals surface area contributed by atoms with Crippen molar-refractivity contribution in [2.24, 2.45) is 0 Å². The standard InChI is InChI=1S/C12H12N2O/c1-8-3-4-10(9(2)7-8)11-5-6-12(15)14-13-11/h3-7H,1-2H3,(H,14,15). The van der Waals surface area contributed by atoms with Crippen LogP contribution in [0.15, 0.2) is 35.1 Å². The second-order valence-electron chi connectivity index (χ2n) is 3.62. The molecule has 1 aromatic carbocycles. The Morgan fingerprint density at radius 2 is 1.93 bits per heavy atom. The molecular formula is C12H12N2O. The van der Waals surface area contributed by atoms with Gasteiger partial charge in [-0.2, -0.15) is 5.10 Å². The molecule has 1 N–H and O–H groups in total. The van der Waals surface area contributed by atoms with Crippen LogP contribution >= 0.6 is 0 Å². The summed E-state index contributed by atoms with van der Waals surface area (Å²) in [6.45, 7) is 4.09. The summed E-state index contributed by atoms with van der Waals surface area (Å²) in [6.07, 6.45) is 0. The largest absolute Gasteiger partial charge is 0.268 e. The van der Waals surface area contributed by atoms with Gasteiger partial charge in [-0.1, -0.05) is 23.8 Å². The normalized spacial score (nSPS) is 10.3. The fourth-order valence-electron chi connectivity index (χ4n) is 1.60. The number of nitrogens with zero attached hydrogens (tertiary/aromatic N) is 1. The highest BCUT2D eigenvalue weighted by Crippen LogP contribution is 2.20. The summed E-state index contributed by atoms with van der Waals surface area (Å²) in [5.41, 5.74) is 4.06. The van der Waals surface area contributed by atoms with Crippen LogP contribution in [0.2, 0.25) is 0 Å². The third kappa shape index (κ3) is 1.96. The van der Waals surface area contributed by atoms with Gasteiger partial charge in [0.15, 0.2) is 0 Å². The number of nitrogens with one attached hydrogen (secondary N) is 1. The first-order chi connectivity index (χ1) is 7.16. The van der Waals surface area contributed by atoms with Gasteiger partial charge < -0.3 is 0 Å². The fourth-order valence-corrected chi connectivity index (χ4v) is 1.60. The van der Waals surface area contributed by atoms with E-state index in [4.69, 9.17) is 0 Å². The van der Waals surface area contributed by atoms with Gasteiger partial charge >= 0.3 is 0 Å². The zero-order chi connectivity index (χ0) is 10.8. The van der Waals surface area contributed by atoms with Crippen LogP contribution in [0.25, 0.3) is 11.3 Å². The van der Waals surface area contributed by atoms with Crippen molar-refractivity contribution in [3.8, 4) is 11.3 Å². The monoisotopic (exact) mass is 200 g/mol. The van der Waals surface area contributed by atoms with E-state index in [-0.39, 0.29) is 5.56 Å². The van der Waals surface area contributed by atoms with Gasteiger partial charge in [0.1, 0.15) is 0 Å². The lowest BCUT2D eigenvalue weighted by molar-refractivity contribution is 0.994. The van der Waals surface area contributed by atoms with E-state index >= 15 is 0 Å². The van der Waals surface area contributed by atoms with Crippen molar-refractivity contribution >= 4 is 0 Å². The first-order valence-corrected chi connectivity index (χ1v) is 4.80. The fraction of sp³-hybridized carbons (Fsp3) is 0.167. The maximum Gasteiger partial charge on any atom is 0.264 e. The van der Waals surface area contributed by atoms with Gasteiger partial charge in [0.05, 0.1) is 5.69 Å². The minimum Gasteiger partial charge on any atom is -0.268 e. The van der Waals surface area contributed by atoms with Gasteiger partial charge in [-0.3, -0.25) is 4.79 Å². The smallest absolute Gasteiger partial charge is 0.264 e. The van der Waals surface area contributed by atoms with Gasteiger partial charge in [0.25, 0.3) is 5.56 Å². The van der Waals surface area contributed by atoms with Crippen LogP contribution in [0.5, 0.6) is 0 Å². The minimum atomic E-state index is -0.177. The molecule has 3 heteroatoms. The first kappa shape index (κ1) is 9.65. The van der Waals surface area contributed by atoms with Crippen LogP contribution in [0.4, 0.5) is 0 Å². The van der Waals surface area contributed by atoms with E-state index in [1.807, 2.05) is 19.1 Å². The molecule has 0 radical (unpaired) electrons. The zero-order valence-corrected chi connectivity index (χ0v) is 8.74. The predicted octanol–water partition coefficient (Wildman–Crippen LogP) is 2.05. The Morgan fingerprint density at radius 1 is 1.13 bits per heavy atom. The van der Waals surface area contributed by atoms with Crippen LogP contribution in [0.3, 0.4) is 0 Å². The maximum atomic E-state index is 10.9. The Morgan fingerprint density at radius 3 is 2.53 bits per heavy atom. The van der Waals surface area contributed by atoms with Gasteiger partial charge in [-0.15, -0.1) is 0 Å². The SMILES string of the molecule is Cc1ccc(-c2ccc(=O)[nH]n2)c(C)c1. The van der Waals surface area contributed by atoms with Crippen molar-refractivity contribution in [2.45, 2.75) is 13.8 Å². The molecule has 1 heterocycles. The molecular weight excluding hydrogens is 188 g/mol. The van der Waals surface area contributed by atoms with Gasteiger partial charge in [0, 0.05) is 11.6 Å². The molecule has 0 aliphatic carbocycles. The van der Waals surface area contributed by atoms with Gasteiger partial charge in [0.2, 0.25) is 0 Å². The van der Waals surface area contributed by atoms with E-state index in [2.05, 4.69) is 23.2 Å². The van der Waals surface area contributed by atoms with Crippen molar-refractivity contribution in [2.75, 3.05) is 0 Å². The van der Waals surface area contributed by atoms with E-state index < -0.39 is 0 Å². The van der Waals surface area contributed by atoms with Crippen LogP contribution in [0.1, 0.15) is 11.1 Å². The van der Waals surface area contributed by atoms with E-state index in [9.17, 15) is 4.79 Å². The maximum absolute atomic E-state index is 10.9. The Hall–Kier alpha value is -1.90. The molecule has 2 rings (SSSR count). The lowest BCUT2D eigenvalue weighted by Crippen LogP contribution is -2.05. The molecule has 0 unspecified atom stereocenters. The highest BCUT2D eigenvalue weighted by molar-refractivity contribution is 5.63. The number of aryl methyl sites for hydroxylation is 2. The van der Waals surface area contributed by atoms with E-state index in [1.54, 1.807) is 6.07 Å². The second kappa shape index (κ2) is 3.69. The lowest BCUT2D eigenvalue weighted by Gasteiger charge is -2.04. The number of rotatable bonds is 1. The number of hydrogen-bond acceptors (Lipinski definition) is 2. The van der Waals surface area contributed by atoms with Crippen molar-refractivity contribution in [1.29, 1.82) is 0 Å². The Bertz CT molecular complexity index is 523. The molecule has 0 aliphatic rings. The zero-order valence-electron chi connectivity index (χ0n) is 8.74. The highest BCUT2D eigenvalue weighted by atomic mass is 16.1. The summed E-state index contributed by atoms with van der Waals surface area (Å²) in [5.74, 6) is 0. The van der Waals surface area contributed by atoms with Crippen molar-refractivity contribution in [3.05, 3.63) is 51.8 Å². The van der Waals surface area contributed by atoms with Crippen molar-refractivity contribution < 1.29 is 0 Å². The van der Waals surface area contributed by atoms with Crippen LogP contribution < -0.4 is 5.56 Å². The van der Waals surface area contributed by atoms with Gasteiger partial charge in [-0.25, -0.2) is 5.10 Å². The predicted molar refractivity (Wildman–Crippen MR) is 59.8 cm³/mol. The molecule has 0 atom stereocenters. The van der Waals surface area contributed by atoms with E-state index in [0.717, 1.165) is 16.8 Å². The first-order valence-electron chi connectivity index (χ1n) is 4.80. The average Bonchev–Trinajstić information content (AvgIpc) is 2.20. The number of aromatic nitrogens is 2. The number of H-pyrrole nitrogens is 1. The molecule has 76 valence electrons. The third-order valence-electron chi connectivity index (χ3n) is 2.34. The van der Waals surface area contributed by atoms with Crippen LogP contribution in [-0.4, -0.2) is 10.2 Å². The molecule has 0 amide bonds. The molecule has 0 fully saturated rings. The second-order valence-corrected chi connectivity index (χ2v) is 3.62. The van der Waals surface area contributed by atoms with E-state index in [0.29, 0.717) is 0 Å². The molecule has 0 bridgehead atoms. The molecule has 0 spiro atoms. The minimum absolute atomic E-state index is 0.177. The topological polar surface area (TPSA) is 45.8 Å². The van der Waals surface area contributed by atoms with Crippen LogP contribution in [0, 0.1) is 13.8 Å². The Labute approximate surface area is 87.8 Å². The summed E-state index contributed by atoms with van der Waals surface area (Å²) in [6, 6.07) is 9.38. The molecule has 2 aromatic rings. The van der Waals surface area contributed by atoms with Crippen molar-refractivity contribution in [1.82, 2.24) is 10.2 Å². The van der Waals surface area contributed by atoms with Crippen molar-refractivity contribution in [3.63, 3.8) is 0 Å². The number of hydrogen-bond donors (Lipinski definition) is 1. The number of aromatic amines is 1. The summed E-state index contributed by atoms with van der Waals surface area (Å²) >= 11 is 0. The molecule has 15 heavy (non-hydrogen) atoms. The van der Waals surface area contributed by atoms with Crippen LogP contribution in [-0.2, 0) is 0 Å². The molecule has 1 aromatic heterocycles. The summed E-state index contributed by atoms with van der Waals surface area (Å²) < 4.78 is 0. The Balaban J connectivity index is 2.54. The summed E-state index contributed by atoms with van der Waals surface area (Å²) in [5, 5.41) is 6.44. The van der Waals surface area contributed by atoms with E-state index in [1.165, 1.54) is 11.6 Å². The highest BCUT2D eigenvalue weighted by Gasteiger charge is 2.02. The summed E-state index contributed by atoms with van der Waals surface area (Å²) in [4.78, 5) is 10.9. The van der Waals surface area contributed by atoms with Gasteiger partial charge in [-0.05, 0) is 25.5 Å².